The second kappa shape index (κ2) is 7.05. The lowest BCUT2D eigenvalue weighted by atomic mass is 9.91. The number of aromatic amines is 1. The first-order valence-electron chi connectivity index (χ1n) is 8.78. The summed E-state index contributed by atoms with van der Waals surface area (Å²) in [5.74, 6) is 0.465. The molecule has 1 aliphatic carbocycles. The van der Waals surface area contributed by atoms with Crippen molar-refractivity contribution < 1.29 is 18.3 Å². The van der Waals surface area contributed by atoms with E-state index in [0.29, 0.717) is 11.4 Å². The summed E-state index contributed by atoms with van der Waals surface area (Å²) < 4.78 is 38.6. The molecule has 150 valence electrons. The minimum atomic E-state index is -4.42. The van der Waals surface area contributed by atoms with Gasteiger partial charge >= 0.3 is 6.18 Å². The van der Waals surface area contributed by atoms with Gasteiger partial charge in [0.1, 0.15) is 17.2 Å². The van der Waals surface area contributed by atoms with Gasteiger partial charge in [-0.15, -0.1) is 0 Å². The predicted octanol–water partition coefficient (Wildman–Crippen LogP) is 3.41. The maximum absolute atomic E-state index is 12.9. The van der Waals surface area contributed by atoms with E-state index in [1.165, 1.54) is 12.1 Å². The van der Waals surface area contributed by atoms with Gasteiger partial charge in [0.25, 0.3) is 5.56 Å². The average Bonchev–Trinajstić information content (AvgIpc) is 3.36. The van der Waals surface area contributed by atoms with Gasteiger partial charge in [-0.25, -0.2) is 4.98 Å². The van der Waals surface area contributed by atoms with E-state index in [4.69, 9.17) is 5.41 Å². The van der Waals surface area contributed by atoms with Gasteiger partial charge in [-0.2, -0.15) is 13.2 Å². The van der Waals surface area contributed by atoms with Gasteiger partial charge in [-0.05, 0) is 42.9 Å². The normalized spacial score (nSPS) is 16.5. The lowest BCUT2D eigenvalue weighted by molar-refractivity contribution is -0.137. The summed E-state index contributed by atoms with van der Waals surface area (Å²) >= 11 is 0. The van der Waals surface area contributed by atoms with Gasteiger partial charge < -0.3 is 20.8 Å². The molecule has 1 aromatic heterocycles. The van der Waals surface area contributed by atoms with Gasteiger partial charge in [0.15, 0.2) is 0 Å². The third-order valence-electron chi connectivity index (χ3n) is 5.09. The van der Waals surface area contributed by atoms with Gasteiger partial charge in [-0.3, -0.25) is 4.79 Å². The van der Waals surface area contributed by atoms with E-state index >= 15 is 0 Å². The average molecular weight is 394 g/mol. The number of anilines is 1. The van der Waals surface area contributed by atoms with Crippen LogP contribution in [0, 0.1) is 17.7 Å². The molecule has 1 fully saturated rings. The Labute approximate surface area is 159 Å². The predicted molar refractivity (Wildman–Crippen MR) is 98.7 cm³/mol. The van der Waals surface area contributed by atoms with Crippen LogP contribution in [0.15, 0.2) is 29.1 Å². The Kier molecular flexibility index (Phi) is 5.05. The lowest BCUT2D eigenvalue weighted by Gasteiger charge is -2.27. The summed E-state index contributed by atoms with van der Waals surface area (Å²) in [6.45, 7) is 2.95. The van der Waals surface area contributed by atoms with Crippen LogP contribution >= 0.6 is 0 Å². The van der Waals surface area contributed by atoms with Crippen LogP contribution in [0.1, 0.15) is 48.3 Å². The van der Waals surface area contributed by atoms with Crippen LogP contribution in [0.5, 0.6) is 0 Å². The Hall–Kier alpha value is -2.68. The van der Waals surface area contributed by atoms with Crippen LogP contribution in [0.25, 0.3) is 0 Å². The van der Waals surface area contributed by atoms with Crippen LogP contribution in [-0.4, -0.2) is 27.4 Å². The zero-order valence-electron chi connectivity index (χ0n) is 15.4. The van der Waals surface area contributed by atoms with Gasteiger partial charge in [0.2, 0.25) is 0 Å². The highest BCUT2D eigenvalue weighted by Crippen LogP contribution is 2.55. The highest BCUT2D eigenvalue weighted by atomic mass is 19.4. The van der Waals surface area contributed by atoms with Crippen molar-refractivity contribution in [2.75, 3.05) is 11.9 Å². The maximum atomic E-state index is 12.9. The fourth-order valence-corrected chi connectivity index (χ4v) is 3.20. The van der Waals surface area contributed by atoms with E-state index in [1.807, 2.05) is 6.92 Å². The van der Waals surface area contributed by atoms with Crippen molar-refractivity contribution in [2.24, 2.45) is 5.41 Å². The Morgan fingerprint density at radius 3 is 2.46 bits per heavy atom. The van der Waals surface area contributed by atoms with E-state index in [1.54, 1.807) is 6.92 Å². The van der Waals surface area contributed by atoms with Crippen molar-refractivity contribution in [3.05, 3.63) is 57.1 Å². The molecule has 1 saturated carbocycles. The SMILES string of the molecule is Cc1nc(NC(c2ccc(C(F)(F)F)cc2)C2(C)CC2)c(C(=N)CO)c(=O)[nH]1. The largest absolute Gasteiger partial charge is 0.416 e. The zero-order valence-corrected chi connectivity index (χ0v) is 15.4. The minimum Gasteiger partial charge on any atom is -0.390 e. The van der Waals surface area contributed by atoms with Crippen molar-refractivity contribution in [1.29, 1.82) is 5.41 Å². The van der Waals surface area contributed by atoms with Crippen LogP contribution in [0.2, 0.25) is 0 Å². The van der Waals surface area contributed by atoms with E-state index in [-0.39, 0.29) is 22.5 Å². The molecule has 3 rings (SSSR count). The second-order valence-electron chi connectivity index (χ2n) is 7.36. The number of halogens is 3. The van der Waals surface area contributed by atoms with E-state index in [0.717, 1.165) is 25.0 Å². The molecule has 1 aromatic carbocycles. The first kappa shape index (κ1) is 20.1. The molecule has 0 bridgehead atoms. The molecule has 1 atom stereocenters. The number of hydrogen-bond donors (Lipinski definition) is 4. The number of hydrogen-bond acceptors (Lipinski definition) is 5. The number of nitrogens with zero attached hydrogens (tertiary/aromatic N) is 1. The molecule has 2 aromatic rings. The Morgan fingerprint density at radius 2 is 1.96 bits per heavy atom. The monoisotopic (exact) mass is 394 g/mol. The van der Waals surface area contributed by atoms with Crippen molar-refractivity contribution in [2.45, 2.75) is 38.9 Å². The molecule has 0 radical (unpaired) electrons. The molecule has 1 heterocycles. The fourth-order valence-electron chi connectivity index (χ4n) is 3.20. The summed E-state index contributed by atoms with van der Waals surface area (Å²) in [4.78, 5) is 19.1. The number of alkyl halides is 3. The molecule has 9 heteroatoms. The summed E-state index contributed by atoms with van der Waals surface area (Å²) in [6.07, 6.45) is -2.69. The zero-order chi connectivity index (χ0) is 20.7. The molecular weight excluding hydrogens is 373 g/mol. The van der Waals surface area contributed by atoms with Crippen LogP contribution in [-0.2, 0) is 6.18 Å². The summed E-state index contributed by atoms with van der Waals surface area (Å²) in [6, 6.07) is 4.50. The Balaban J connectivity index is 2.02. The quantitative estimate of drug-likeness (QED) is 0.564. The molecule has 0 saturated heterocycles. The lowest BCUT2D eigenvalue weighted by Crippen LogP contribution is -2.28. The number of aryl methyl sites for hydroxylation is 1. The number of benzene rings is 1. The number of nitrogens with one attached hydrogen (secondary N) is 3. The van der Waals surface area contributed by atoms with Crippen molar-refractivity contribution >= 4 is 11.5 Å². The molecule has 4 N–H and O–H groups in total. The van der Waals surface area contributed by atoms with Crippen molar-refractivity contribution in [3.63, 3.8) is 0 Å². The number of aliphatic hydroxyl groups is 1. The van der Waals surface area contributed by atoms with Crippen LogP contribution in [0.4, 0.5) is 19.0 Å². The summed E-state index contributed by atoms with van der Waals surface area (Å²) in [5.41, 5.74) is -1.23. The molecule has 6 nitrogen and oxygen atoms in total. The first-order chi connectivity index (χ1) is 13.0. The molecule has 0 amide bonds. The highest BCUT2D eigenvalue weighted by Gasteiger charge is 2.46. The number of aromatic nitrogens is 2. The van der Waals surface area contributed by atoms with E-state index in [9.17, 15) is 23.1 Å². The Bertz CT molecular complexity index is 947. The fraction of sp³-hybridized carbons (Fsp3) is 0.421. The van der Waals surface area contributed by atoms with Crippen molar-refractivity contribution in [1.82, 2.24) is 9.97 Å². The molecule has 0 spiro atoms. The molecule has 28 heavy (non-hydrogen) atoms. The summed E-state index contributed by atoms with van der Waals surface area (Å²) in [5, 5.41) is 20.3. The molecule has 0 aliphatic heterocycles. The number of rotatable bonds is 6. The van der Waals surface area contributed by atoms with Gasteiger partial charge in [0.05, 0.1) is 23.9 Å². The topological polar surface area (TPSA) is 102 Å². The number of aliphatic hydroxyl groups excluding tert-OH is 1. The maximum Gasteiger partial charge on any atom is 0.416 e. The smallest absolute Gasteiger partial charge is 0.390 e. The van der Waals surface area contributed by atoms with Crippen LogP contribution < -0.4 is 10.9 Å². The minimum absolute atomic E-state index is 0.0748. The van der Waals surface area contributed by atoms with Crippen molar-refractivity contribution in [3.8, 4) is 0 Å². The van der Waals surface area contributed by atoms with Gasteiger partial charge in [-0.1, -0.05) is 19.1 Å². The second-order valence-corrected chi connectivity index (χ2v) is 7.36. The Morgan fingerprint density at radius 1 is 1.36 bits per heavy atom. The van der Waals surface area contributed by atoms with Gasteiger partial charge in [0, 0.05) is 0 Å². The van der Waals surface area contributed by atoms with Crippen LogP contribution in [0.3, 0.4) is 0 Å². The molecular formula is C19H21F3N4O2. The molecule has 1 unspecified atom stereocenters. The highest BCUT2D eigenvalue weighted by molar-refractivity contribution is 6.02. The third-order valence-corrected chi connectivity index (χ3v) is 5.09. The third kappa shape index (κ3) is 3.94. The number of H-pyrrole nitrogens is 1. The summed E-state index contributed by atoms with van der Waals surface area (Å²) in [7, 11) is 0. The first-order valence-corrected chi connectivity index (χ1v) is 8.78. The van der Waals surface area contributed by atoms with E-state index < -0.39 is 29.9 Å². The standard InChI is InChI=1S/C19H21F3N4O2/c1-10-24-16(14(13(23)9-27)17(28)25-10)26-15(18(2)7-8-18)11-3-5-12(6-4-11)19(20,21)22/h3-6,15,23,27H,7-9H2,1-2H3,(H2,24,25,26,28). The molecule has 1 aliphatic rings. The van der Waals surface area contributed by atoms with E-state index in [2.05, 4.69) is 15.3 Å².